The van der Waals surface area contributed by atoms with Crippen LogP contribution in [0.3, 0.4) is 0 Å². The lowest BCUT2D eigenvalue weighted by atomic mass is 10.0. The standard InChI is InChI=1S/C26H22ClN3O3/c1-3-17-5-7-18(8-6-17)24(32)22-14-30(26-21(25(22)33)13-4-16(2)28-26)15-23(31)29-20-11-9-19(27)10-12-20/h4-14H,3,15H2,1-2H3,(H,29,31). The van der Waals surface area contributed by atoms with E-state index in [1.807, 2.05) is 19.1 Å². The van der Waals surface area contributed by atoms with E-state index in [4.69, 9.17) is 11.6 Å². The molecule has 4 rings (SSSR count). The predicted octanol–water partition coefficient (Wildman–Crippen LogP) is 4.79. The molecule has 2 aromatic heterocycles. The van der Waals surface area contributed by atoms with E-state index in [0.717, 1.165) is 12.0 Å². The molecule has 7 heteroatoms. The van der Waals surface area contributed by atoms with Crippen molar-refractivity contribution in [3.63, 3.8) is 0 Å². The SMILES string of the molecule is CCc1ccc(C(=O)c2cn(CC(=O)Nc3ccc(Cl)cc3)c3nc(C)ccc3c2=O)cc1. The van der Waals surface area contributed by atoms with E-state index in [9.17, 15) is 14.4 Å². The van der Waals surface area contributed by atoms with E-state index in [0.29, 0.717) is 27.6 Å². The van der Waals surface area contributed by atoms with E-state index < -0.39 is 11.2 Å². The molecule has 4 aromatic rings. The topological polar surface area (TPSA) is 81.1 Å². The molecule has 0 saturated carbocycles. The number of anilines is 1. The van der Waals surface area contributed by atoms with Gasteiger partial charge >= 0.3 is 0 Å². The van der Waals surface area contributed by atoms with Crippen LogP contribution in [0.2, 0.25) is 5.02 Å². The third-order valence-electron chi connectivity index (χ3n) is 5.37. The van der Waals surface area contributed by atoms with Crippen LogP contribution >= 0.6 is 11.6 Å². The Labute approximate surface area is 195 Å². The molecule has 0 fully saturated rings. The van der Waals surface area contributed by atoms with Crippen LogP contribution in [0.25, 0.3) is 11.0 Å². The molecule has 1 N–H and O–H groups in total. The zero-order valence-electron chi connectivity index (χ0n) is 18.3. The van der Waals surface area contributed by atoms with E-state index in [1.54, 1.807) is 60.0 Å². The van der Waals surface area contributed by atoms with Gasteiger partial charge in [0.15, 0.2) is 5.78 Å². The van der Waals surface area contributed by atoms with Gasteiger partial charge in [0.25, 0.3) is 0 Å². The molecule has 0 spiro atoms. The molecule has 0 atom stereocenters. The average Bonchev–Trinajstić information content (AvgIpc) is 2.82. The lowest BCUT2D eigenvalue weighted by molar-refractivity contribution is -0.116. The number of pyridine rings is 2. The quantitative estimate of drug-likeness (QED) is 0.420. The lowest BCUT2D eigenvalue weighted by Gasteiger charge is -2.13. The molecule has 6 nitrogen and oxygen atoms in total. The summed E-state index contributed by atoms with van der Waals surface area (Å²) < 4.78 is 1.54. The van der Waals surface area contributed by atoms with Gasteiger partial charge in [-0.1, -0.05) is 42.8 Å². The van der Waals surface area contributed by atoms with Crippen LogP contribution in [0.15, 0.2) is 71.7 Å². The molecule has 1 amide bonds. The Hall–Kier alpha value is -3.77. The zero-order chi connectivity index (χ0) is 23.5. The molecular weight excluding hydrogens is 438 g/mol. The number of nitrogens with one attached hydrogen (secondary N) is 1. The number of carbonyl (C=O) groups excluding carboxylic acids is 2. The van der Waals surface area contributed by atoms with Gasteiger partial charge in [-0.25, -0.2) is 4.98 Å². The highest BCUT2D eigenvalue weighted by atomic mass is 35.5. The number of hydrogen-bond donors (Lipinski definition) is 1. The van der Waals surface area contributed by atoms with Crippen molar-refractivity contribution in [2.75, 3.05) is 5.32 Å². The normalized spacial score (nSPS) is 10.9. The van der Waals surface area contributed by atoms with Crippen molar-refractivity contribution in [1.82, 2.24) is 9.55 Å². The molecular formula is C26H22ClN3O3. The molecule has 0 saturated heterocycles. The summed E-state index contributed by atoms with van der Waals surface area (Å²) in [6.07, 6.45) is 2.28. The van der Waals surface area contributed by atoms with Crippen LogP contribution < -0.4 is 10.7 Å². The Balaban J connectivity index is 1.74. The average molecular weight is 460 g/mol. The van der Waals surface area contributed by atoms with E-state index in [2.05, 4.69) is 10.3 Å². The van der Waals surface area contributed by atoms with Crippen LogP contribution in [0.1, 0.15) is 34.1 Å². The summed E-state index contributed by atoms with van der Waals surface area (Å²) in [5, 5.41) is 3.65. The Morgan fingerprint density at radius 2 is 1.70 bits per heavy atom. The summed E-state index contributed by atoms with van der Waals surface area (Å²) in [5.41, 5.74) is 2.74. The molecule has 0 bridgehead atoms. The van der Waals surface area contributed by atoms with E-state index >= 15 is 0 Å². The smallest absolute Gasteiger partial charge is 0.244 e. The summed E-state index contributed by atoms with van der Waals surface area (Å²) in [6, 6.07) is 17.3. The van der Waals surface area contributed by atoms with Crippen LogP contribution in [-0.4, -0.2) is 21.2 Å². The number of carbonyl (C=O) groups is 2. The van der Waals surface area contributed by atoms with Gasteiger partial charge in [-0.3, -0.25) is 14.4 Å². The van der Waals surface area contributed by atoms with Crippen molar-refractivity contribution >= 4 is 40.0 Å². The molecule has 2 aromatic carbocycles. The maximum atomic E-state index is 13.2. The van der Waals surface area contributed by atoms with Crippen molar-refractivity contribution in [3.05, 3.63) is 104 Å². The van der Waals surface area contributed by atoms with Crippen LogP contribution in [-0.2, 0) is 17.8 Å². The third-order valence-corrected chi connectivity index (χ3v) is 5.62. The maximum Gasteiger partial charge on any atom is 0.244 e. The zero-order valence-corrected chi connectivity index (χ0v) is 19.0. The number of aryl methyl sites for hydroxylation is 2. The van der Waals surface area contributed by atoms with Crippen molar-refractivity contribution < 1.29 is 9.59 Å². The van der Waals surface area contributed by atoms with Gasteiger partial charge in [0.2, 0.25) is 11.3 Å². The van der Waals surface area contributed by atoms with Crippen molar-refractivity contribution in [2.45, 2.75) is 26.8 Å². The van der Waals surface area contributed by atoms with Crippen molar-refractivity contribution in [2.24, 2.45) is 0 Å². The molecule has 0 radical (unpaired) electrons. The lowest BCUT2D eigenvalue weighted by Crippen LogP contribution is -2.25. The molecule has 166 valence electrons. The maximum absolute atomic E-state index is 13.2. The fourth-order valence-corrected chi connectivity index (χ4v) is 3.70. The number of rotatable bonds is 6. The largest absolute Gasteiger partial charge is 0.325 e. The molecule has 0 aliphatic rings. The summed E-state index contributed by atoms with van der Waals surface area (Å²) in [7, 11) is 0. The first-order chi connectivity index (χ1) is 15.9. The Bertz CT molecular complexity index is 1410. The Morgan fingerprint density at radius 1 is 1.00 bits per heavy atom. The van der Waals surface area contributed by atoms with Crippen LogP contribution in [0.5, 0.6) is 0 Å². The monoisotopic (exact) mass is 459 g/mol. The fourth-order valence-electron chi connectivity index (χ4n) is 3.58. The number of aromatic nitrogens is 2. The number of nitrogens with zero attached hydrogens (tertiary/aromatic N) is 2. The number of halogens is 1. The number of fused-ring (bicyclic) bond motifs is 1. The van der Waals surface area contributed by atoms with Crippen molar-refractivity contribution in [1.29, 1.82) is 0 Å². The summed E-state index contributed by atoms with van der Waals surface area (Å²) in [5.74, 6) is -0.715. The molecule has 0 aliphatic heterocycles. The predicted molar refractivity (Wildman–Crippen MR) is 130 cm³/mol. The molecule has 2 heterocycles. The first-order valence-corrected chi connectivity index (χ1v) is 10.9. The highest BCUT2D eigenvalue weighted by Gasteiger charge is 2.19. The van der Waals surface area contributed by atoms with E-state index in [1.165, 1.54) is 6.20 Å². The number of ketones is 1. The minimum atomic E-state index is -0.406. The van der Waals surface area contributed by atoms with Gasteiger partial charge in [-0.15, -0.1) is 0 Å². The number of amides is 1. The minimum Gasteiger partial charge on any atom is -0.325 e. The Morgan fingerprint density at radius 3 is 2.36 bits per heavy atom. The highest BCUT2D eigenvalue weighted by molar-refractivity contribution is 6.30. The van der Waals surface area contributed by atoms with Crippen LogP contribution in [0.4, 0.5) is 5.69 Å². The second-order valence-corrected chi connectivity index (χ2v) is 8.19. The Kier molecular flexibility index (Phi) is 6.38. The van der Waals surface area contributed by atoms with E-state index in [-0.39, 0.29) is 23.4 Å². The second kappa shape index (κ2) is 9.38. The highest BCUT2D eigenvalue weighted by Crippen LogP contribution is 2.16. The molecule has 33 heavy (non-hydrogen) atoms. The first-order valence-electron chi connectivity index (χ1n) is 10.6. The van der Waals surface area contributed by atoms with Gasteiger partial charge in [-0.2, -0.15) is 0 Å². The van der Waals surface area contributed by atoms with Gasteiger partial charge in [-0.05, 0) is 55.3 Å². The number of hydrogen-bond acceptors (Lipinski definition) is 4. The fraction of sp³-hybridized carbons (Fsp3) is 0.154. The second-order valence-electron chi connectivity index (χ2n) is 7.76. The van der Waals surface area contributed by atoms with Gasteiger partial charge < -0.3 is 9.88 Å². The van der Waals surface area contributed by atoms with Crippen molar-refractivity contribution in [3.8, 4) is 0 Å². The first kappa shape index (κ1) is 22.4. The van der Waals surface area contributed by atoms with Gasteiger partial charge in [0.1, 0.15) is 12.2 Å². The molecule has 0 aliphatic carbocycles. The van der Waals surface area contributed by atoms with Gasteiger partial charge in [0.05, 0.1) is 10.9 Å². The number of benzene rings is 2. The summed E-state index contributed by atoms with van der Waals surface area (Å²) in [4.78, 5) is 43.5. The summed E-state index contributed by atoms with van der Waals surface area (Å²) >= 11 is 5.90. The molecule has 0 unspecified atom stereocenters. The summed E-state index contributed by atoms with van der Waals surface area (Å²) in [6.45, 7) is 3.71. The van der Waals surface area contributed by atoms with Crippen LogP contribution in [0, 0.1) is 6.92 Å². The minimum absolute atomic E-state index is 0.00306. The third kappa shape index (κ3) is 4.86. The van der Waals surface area contributed by atoms with Gasteiger partial charge in [0, 0.05) is 28.2 Å².